The van der Waals surface area contributed by atoms with Gasteiger partial charge in [0.2, 0.25) is 0 Å². The van der Waals surface area contributed by atoms with E-state index in [1.807, 2.05) is 12.1 Å². The summed E-state index contributed by atoms with van der Waals surface area (Å²) >= 11 is 0. The third kappa shape index (κ3) is 3.93. The van der Waals surface area contributed by atoms with E-state index in [-0.39, 0.29) is 5.82 Å². The molecule has 20 heavy (non-hydrogen) atoms. The minimum absolute atomic E-state index is 0.114. The molecule has 0 unspecified atom stereocenters. The molecular formula is C16H25FN2O. The minimum Gasteiger partial charge on any atom is -0.381 e. The van der Waals surface area contributed by atoms with Gasteiger partial charge in [0.1, 0.15) is 5.82 Å². The van der Waals surface area contributed by atoms with E-state index in [9.17, 15) is 4.39 Å². The van der Waals surface area contributed by atoms with E-state index in [1.54, 1.807) is 13.2 Å². The molecule has 1 aromatic rings. The van der Waals surface area contributed by atoms with Gasteiger partial charge in [0.25, 0.3) is 0 Å². The molecule has 1 fully saturated rings. The van der Waals surface area contributed by atoms with E-state index in [1.165, 1.54) is 0 Å². The maximum atomic E-state index is 14.2. The molecule has 1 aromatic carbocycles. The van der Waals surface area contributed by atoms with Crippen molar-refractivity contribution < 1.29 is 9.13 Å². The first kappa shape index (κ1) is 15.3. The zero-order chi connectivity index (χ0) is 14.4. The van der Waals surface area contributed by atoms with Gasteiger partial charge in [-0.1, -0.05) is 13.0 Å². The molecule has 1 aliphatic rings. The second kappa shape index (κ2) is 7.60. The molecule has 0 saturated carbocycles. The molecular weight excluding hydrogens is 255 g/mol. The molecule has 0 radical (unpaired) electrons. The third-order valence-electron chi connectivity index (χ3n) is 3.88. The maximum Gasteiger partial charge on any atom is 0.146 e. The summed E-state index contributed by atoms with van der Waals surface area (Å²) in [6.45, 7) is 5.55. The van der Waals surface area contributed by atoms with Crippen molar-refractivity contribution in [3.63, 3.8) is 0 Å². The number of piperidine rings is 1. The smallest absolute Gasteiger partial charge is 0.146 e. The predicted octanol–water partition coefficient (Wildman–Crippen LogP) is 2.94. The van der Waals surface area contributed by atoms with Crippen LogP contribution in [0.1, 0.15) is 31.7 Å². The largest absolute Gasteiger partial charge is 0.381 e. The summed E-state index contributed by atoms with van der Waals surface area (Å²) in [6.07, 6.45) is 3.35. The van der Waals surface area contributed by atoms with E-state index in [0.29, 0.717) is 6.10 Å². The molecule has 2 rings (SSSR count). The summed E-state index contributed by atoms with van der Waals surface area (Å²) in [6, 6.07) is 5.58. The maximum absolute atomic E-state index is 14.2. The van der Waals surface area contributed by atoms with Gasteiger partial charge in [-0.3, -0.25) is 0 Å². The quantitative estimate of drug-likeness (QED) is 0.811. The molecule has 0 bridgehead atoms. The van der Waals surface area contributed by atoms with Gasteiger partial charge in [-0.15, -0.1) is 0 Å². The van der Waals surface area contributed by atoms with Crippen molar-refractivity contribution in [2.75, 3.05) is 31.6 Å². The van der Waals surface area contributed by atoms with E-state index >= 15 is 0 Å². The molecule has 1 N–H and O–H groups in total. The Labute approximate surface area is 121 Å². The van der Waals surface area contributed by atoms with Crippen molar-refractivity contribution in [1.29, 1.82) is 0 Å². The topological polar surface area (TPSA) is 24.5 Å². The summed E-state index contributed by atoms with van der Waals surface area (Å²) < 4.78 is 19.6. The van der Waals surface area contributed by atoms with Gasteiger partial charge in [0.05, 0.1) is 11.8 Å². The van der Waals surface area contributed by atoms with Crippen LogP contribution in [0.4, 0.5) is 10.1 Å². The molecule has 4 heteroatoms. The number of rotatable bonds is 6. The highest BCUT2D eigenvalue weighted by atomic mass is 19.1. The highest BCUT2D eigenvalue weighted by molar-refractivity contribution is 5.49. The van der Waals surface area contributed by atoms with Gasteiger partial charge < -0.3 is 15.0 Å². The Morgan fingerprint density at radius 2 is 2.10 bits per heavy atom. The molecule has 0 atom stereocenters. The highest BCUT2D eigenvalue weighted by Gasteiger charge is 2.20. The number of nitrogens with one attached hydrogen (secondary N) is 1. The molecule has 0 aromatic heterocycles. The van der Waals surface area contributed by atoms with Gasteiger partial charge in [-0.2, -0.15) is 0 Å². The van der Waals surface area contributed by atoms with Gasteiger partial charge in [-0.05, 0) is 43.5 Å². The monoisotopic (exact) mass is 280 g/mol. The van der Waals surface area contributed by atoms with Crippen LogP contribution in [0, 0.1) is 5.82 Å². The van der Waals surface area contributed by atoms with Crippen LogP contribution in [-0.2, 0) is 11.3 Å². The number of nitrogens with zero attached hydrogens (tertiary/aromatic N) is 1. The standard InChI is InChI=1S/C16H25FN2O/c1-3-8-18-12-13-4-5-16(15(17)11-13)19-9-6-14(20-2)7-10-19/h4-5,11,14,18H,3,6-10,12H2,1-2H3. The lowest BCUT2D eigenvalue weighted by Gasteiger charge is -2.33. The summed E-state index contributed by atoms with van der Waals surface area (Å²) in [5, 5.41) is 3.29. The summed E-state index contributed by atoms with van der Waals surface area (Å²) in [5.41, 5.74) is 1.73. The SMILES string of the molecule is CCCNCc1ccc(N2CCC(OC)CC2)c(F)c1. The first-order valence-electron chi connectivity index (χ1n) is 7.51. The zero-order valence-corrected chi connectivity index (χ0v) is 12.5. The number of hydrogen-bond donors (Lipinski definition) is 1. The van der Waals surface area contributed by atoms with E-state index in [0.717, 1.165) is 56.7 Å². The fourth-order valence-electron chi connectivity index (χ4n) is 2.66. The van der Waals surface area contributed by atoms with Gasteiger partial charge >= 0.3 is 0 Å². The van der Waals surface area contributed by atoms with Crippen LogP contribution in [0.25, 0.3) is 0 Å². The Kier molecular flexibility index (Phi) is 5.80. The fourth-order valence-corrected chi connectivity index (χ4v) is 2.66. The van der Waals surface area contributed by atoms with Crippen LogP contribution in [0.15, 0.2) is 18.2 Å². The number of anilines is 1. The first-order chi connectivity index (χ1) is 9.74. The Balaban J connectivity index is 1.95. The molecule has 3 nitrogen and oxygen atoms in total. The highest BCUT2D eigenvalue weighted by Crippen LogP contribution is 2.24. The van der Waals surface area contributed by atoms with Crippen LogP contribution >= 0.6 is 0 Å². The Hall–Kier alpha value is -1.13. The first-order valence-corrected chi connectivity index (χ1v) is 7.51. The molecule has 0 amide bonds. The lowest BCUT2D eigenvalue weighted by atomic mass is 10.1. The lowest BCUT2D eigenvalue weighted by molar-refractivity contribution is 0.0818. The molecule has 1 heterocycles. The summed E-state index contributed by atoms with van der Waals surface area (Å²) in [7, 11) is 1.75. The van der Waals surface area contributed by atoms with E-state index < -0.39 is 0 Å². The number of methoxy groups -OCH3 is 1. The summed E-state index contributed by atoms with van der Waals surface area (Å²) in [4.78, 5) is 2.12. The third-order valence-corrected chi connectivity index (χ3v) is 3.88. The molecule has 112 valence electrons. The average Bonchev–Trinajstić information content (AvgIpc) is 2.48. The molecule has 0 aliphatic carbocycles. The van der Waals surface area contributed by atoms with Crippen LogP contribution in [0.3, 0.4) is 0 Å². The average molecular weight is 280 g/mol. The van der Waals surface area contributed by atoms with Gasteiger partial charge in [-0.25, -0.2) is 4.39 Å². The number of hydrogen-bond acceptors (Lipinski definition) is 3. The van der Waals surface area contributed by atoms with Crippen LogP contribution < -0.4 is 10.2 Å². The second-order valence-corrected chi connectivity index (χ2v) is 5.38. The zero-order valence-electron chi connectivity index (χ0n) is 12.5. The molecule has 1 saturated heterocycles. The lowest BCUT2D eigenvalue weighted by Crippen LogP contribution is -2.37. The summed E-state index contributed by atoms with van der Waals surface area (Å²) in [5.74, 6) is -0.114. The molecule has 1 aliphatic heterocycles. The van der Waals surface area contributed by atoms with Crippen LogP contribution in [-0.4, -0.2) is 32.8 Å². The normalized spacial score (nSPS) is 16.6. The van der Waals surface area contributed by atoms with Crippen molar-refractivity contribution in [3.8, 4) is 0 Å². The Morgan fingerprint density at radius 3 is 2.70 bits per heavy atom. The van der Waals surface area contributed by atoms with Gasteiger partial charge in [0, 0.05) is 26.7 Å². The van der Waals surface area contributed by atoms with E-state index in [4.69, 9.17) is 4.74 Å². The Morgan fingerprint density at radius 1 is 1.35 bits per heavy atom. The van der Waals surface area contributed by atoms with Crippen LogP contribution in [0.2, 0.25) is 0 Å². The number of halogens is 1. The number of benzene rings is 1. The minimum atomic E-state index is -0.114. The molecule has 0 spiro atoms. The van der Waals surface area contributed by atoms with Crippen molar-refractivity contribution in [1.82, 2.24) is 5.32 Å². The van der Waals surface area contributed by atoms with Crippen molar-refractivity contribution >= 4 is 5.69 Å². The van der Waals surface area contributed by atoms with Crippen molar-refractivity contribution in [2.24, 2.45) is 0 Å². The van der Waals surface area contributed by atoms with E-state index in [2.05, 4.69) is 17.1 Å². The van der Waals surface area contributed by atoms with Crippen molar-refractivity contribution in [3.05, 3.63) is 29.6 Å². The van der Waals surface area contributed by atoms with Crippen molar-refractivity contribution in [2.45, 2.75) is 38.8 Å². The fraction of sp³-hybridized carbons (Fsp3) is 0.625. The second-order valence-electron chi connectivity index (χ2n) is 5.38. The predicted molar refractivity (Wildman–Crippen MR) is 80.6 cm³/mol. The number of ether oxygens (including phenoxy) is 1. The van der Waals surface area contributed by atoms with Gasteiger partial charge in [0.15, 0.2) is 0 Å². The van der Waals surface area contributed by atoms with Crippen LogP contribution in [0.5, 0.6) is 0 Å². The Bertz CT molecular complexity index is 417.